The van der Waals surface area contributed by atoms with E-state index in [1.807, 2.05) is 4.90 Å². The van der Waals surface area contributed by atoms with Crippen LogP contribution >= 0.6 is 0 Å². The van der Waals surface area contributed by atoms with Crippen LogP contribution in [0, 0.1) is 5.41 Å². The van der Waals surface area contributed by atoms with Crippen molar-refractivity contribution in [2.24, 2.45) is 5.41 Å². The van der Waals surface area contributed by atoms with E-state index in [0.29, 0.717) is 11.9 Å². The molecule has 0 radical (unpaired) electrons. The molecule has 0 aromatic heterocycles. The first-order chi connectivity index (χ1) is 7.99. The van der Waals surface area contributed by atoms with E-state index in [-0.39, 0.29) is 5.41 Å². The molecule has 0 aromatic carbocycles. The van der Waals surface area contributed by atoms with Crippen LogP contribution in [-0.2, 0) is 4.79 Å². The van der Waals surface area contributed by atoms with Crippen LogP contribution in [0.5, 0.6) is 0 Å². The lowest BCUT2D eigenvalue weighted by atomic mass is 9.91. The van der Waals surface area contributed by atoms with E-state index in [4.69, 9.17) is 0 Å². The molecule has 1 amide bonds. The molecule has 17 heavy (non-hydrogen) atoms. The van der Waals surface area contributed by atoms with Crippen molar-refractivity contribution in [1.82, 2.24) is 15.1 Å². The van der Waals surface area contributed by atoms with Gasteiger partial charge in [-0.1, -0.05) is 0 Å². The number of carbonyl (C=O) groups excluding carboxylic acids is 1. The van der Waals surface area contributed by atoms with Gasteiger partial charge in [0.25, 0.3) is 0 Å². The van der Waals surface area contributed by atoms with Crippen molar-refractivity contribution in [2.45, 2.75) is 32.7 Å². The van der Waals surface area contributed by atoms with Crippen molar-refractivity contribution in [3.63, 3.8) is 0 Å². The van der Waals surface area contributed by atoms with Gasteiger partial charge in [-0.25, -0.2) is 0 Å². The van der Waals surface area contributed by atoms with Crippen LogP contribution in [0.1, 0.15) is 26.7 Å². The Labute approximate surface area is 104 Å². The third-order valence-corrected chi connectivity index (χ3v) is 3.78. The summed E-state index contributed by atoms with van der Waals surface area (Å²) in [6.07, 6.45) is 2.55. The normalized spacial score (nSPS) is 22.9. The molecule has 98 valence electrons. The fraction of sp³-hybridized carbons (Fsp3) is 0.923. The predicted molar refractivity (Wildman–Crippen MR) is 68.9 cm³/mol. The highest BCUT2D eigenvalue weighted by molar-refractivity contribution is 5.82. The maximum atomic E-state index is 12.4. The van der Waals surface area contributed by atoms with Crippen LogP contribution in [0.3, 0.4) is 0 Å². The molecule has 1 saturated heterocycles. The quantitative estimate of drug-likeness (QED) is 0.778. The Balaban J connectivity index is 1.83. The Morgan fingerprint density at radius 1 is 1.24 bits per heavy atom. The molecule has 0 atom stereocenters. The first-order valence-corrected chi connectivity index (χ1v) is 6.70. The monoisotopic (exact) mass is 239 g/mol. The zero-order valence-electron chi connectivity index (χ0n) is 11.3. The second kappa shape index (κ2) is 4.94. The number of nitrogens with one attached hydrogen (secondary N) is 1. The predicted octanol–water partition coefficient (Wildman–Crippen LogP) is 0.539. The van der Waals surface area contributed by atoms with Gasteiger partial charge >= 0.3 is 0 Å². The van der Waals surface area contributed by atoms with Gasteiger partial charge in [-0.15, -0.1) is 0 Å². The van der Waals surface area contributed by atoms with Crippen molar-refractivity contribution in [1.29, 1.82) is 0 Å². The van der Waals surface area contributed by atoms with Gasteiger partial charge in [-0.05, 0) is 33.7 Å². The molecule has 2 aliphatic rings. The molecule has 0 unspecified atom stereocenters. The molecule has 0 bridgehead atoms. The standard InChI is InChI=1S/C13H25N3O/c1-13(2,10-14-11-4-5-11)12(17)16-8-6-15(3)7-9-16/h11,14H,4-10H2,1-3H3. The van der Waals surface area contributed by atoms with Gasteiger partial charge in [0.05, 0.1) is 5.41 Å². The molecule has 0 aromatic rings. The second-order valence-corrected chi connectivity index (χ2v) is 6.13. The largest absolute Gasteiger partial charge is 0.340 e. The molecule has 0 spiro atoms. The minimum atomic E-state index is -0.265. The minimum absolute atomic E-state index is 0.265. The number of hydrogen-bond acceptors (Lipinski definition) is 3. The Morgan fingerprint density at radius 2 is 1.82 bits per heavy atom. The minimum Gasteiger partial charge on any atom is -0.340 e. The molecule has 1 N–H and O–H groups in total. The molecule has 1 aliphatic carbocycles. The summed E-state index contributed by atoms with van der Waals surface area (Å²) in [5.74, 6) is 0.304. The molecule has 2 fully saturated rings. The number of rotatable bonds is 4. The zero-order chi connectivity index (χ0) is 12.5. The molecule has 4 heteroatoms. The highest BCUT2D eigenvalue weighted by Crippen LogP contribution is 2.23. The van der Waals surface area contributed by atoms with E-state index in [2.05, 4.69) is 31.1 Å². The van der Waals surface area contributed by atoms with Crippen LogP contribution < -0.4 is 5.32 Å². The Bertz CT molecular complexity index is 278. The number of piperazine rings is 1. The fourth-order valence-corrected chi connectivity index (χ4v) is 2.20. The molecular formula is C13H25N3O. The van der Waals surface area contributed by atoms with Gasteiger partial charge in [0.1, 0.15) is 0 Å². The zero-order valence-corrected chi connectivity index (χ0v) is 11.3. The van der Waals surface area contributed by atoms with Gasteiger partial charge in [-0.2, -0.15) is 0 Å². The molecule has 1 aliphatic heterocycles. The van der Waals surface area contributed by atoms with Gasteiger partial charge in [-0.3, -0.25) is 4.79 Å². The van der Waals surface area contributed by atoms with E-state index in [9.17, 15) is 4.79 Å². The second-order valence-electron chi connectivity index (χ2n) is 6.13. The summed E-state index contributed by atoms with van der Waals surface area (Å²) in [7, 11) is 2.11. The van der Waals surface area contributed by atoms with Crippen LogP contribution in [-0.4, -0.2) is 61.5 Å². The van der Waals surface area contributed by atoms with E-state index >= 15 is 0 Å². The fourth-order valence-electron chi connectivity index (χ4n) is 2.20. The summed E-state index contributed by atoms with van der Waals surface area (Å²) in [6.45, 7) is 8.68. The van der Waals surface area contributed by atoms with Crippen LogP contribution in [0.15, 0.2) is 0 Å². The smallest absolute Gasteiger partial charge is 0.229 e. The molecule has 1 heterocycles. The summed E-state index contributed by atoms with van der Waals surface area (Å²) in [5.41, 5.74) is -0.265. The van der Waals surface area contributed by atoms with Crippen LogP contribution in [0.25, 0.3) is 0 Å². The average Bonchev–Trinajstić information content (AvgIpc) is 3.10. The van der Waals surface area contributed by atoms with Gasteiger partial charge < -0.3 is 15.1 Å². The number of amides is 1. The third kappa shape index (κ3) is 3.42. The maximum absolute atomic E-state index is 12.4. The van der Waals surface area contributed by atoms with Gasteiger partial charge in [0, 0.05) is 38.8 Å². The molecule has 1 saturated carbocycles. The average molecular weight is 239 g/mol. The van der Waals surface area contributed by atoms with Crippen LogP contribution in [0.4, 0.5) is 0 Å². The highest BCUT2D eigenvalue weighted by atomic mass is 16.2. The number of carbonyl (C=O) groups is 1. The summed E-state index contributed by atoms with van der Waals surface area (Å²) in [5, 5.41) is 3.47. The lowest BCUT2D eigenvalue weighted by molar-refractivity contribution is -0.141. The Morgan fingerprint density at radius 3 is 2.35 bits per heavy atom. The van der Waals surface area contributed by atoms with Gasteiger partial charge in [0.15, 0.2) is 0 Å². The topological polar surface area (TPSA) is 35.6 Å². The molecule has 2 rings (SSSR count). The molecular weight excluding hydrogens is 214 g/mol. The SMILES string of the molecule is CN1CCN(C(=O)C(C)(C)CNC2CC2)CC1. The van der Waals surface area contributed by atoms with Gasteiger partial charge in [0.2, 0.25) is 5.91 Å². The first-order valence-electron chi connectivity index (χ1n) is 6.70. The van der Waals surface area contributed by atoms with E-state index in [1.54, 1.807) is 0 Å². The third-order valence-electron chi connectivity index (χ3n) is 3.78. The van der Waals surface area contributed by atoms with Crippen molar-refractivity contribution >= 4 is 5.91 Å². The summed E-state index contributed by atoms with van der Waals surface area (Å²) >= 11 is 0. The van der Waals surface area contributed by atoms with Crippen molar-refractivity contribution in [3.8, 4) is 0 Å². The van der Waals surface area contributed by atoms with E-state index in [0.717, 1.165) is 32.7 Å². The lowest BCUT2D eigenvalue weighted by Gasteiger charge is -2.37. The highest BCUT2D eigenvalue weighted by Gasteiger charge is 2.34. The van der Waals surface area contributed by atoms with Crippen molar-refractivity contribution in [3.05, 3.63) is 0 Å². The van der Waals surface area contributed by atoms with E-state index < -0.39 is 0 Å². The van der Waals surface area contributed by atoms with Crippen molar-refractivity contribution in [2.75, 3.05) is 39.8 Å². The number of likely N-dealkylation sites (N-methyl/N-ethyl adjacent to an activating group) is 1. The summed E-state index contributed by atoms with van der Waals surface area (Å²) in [4.78, 5) is 16.7. The van der Waals surface area contributed by atoms with E-state index in [1.165, 1.54) is 12.8 Å². The summed E-state index contributed by atoms with van der Waals surface area (Å²) < 4.78 is 0. The Kier molecular flexibility index (Phi) is 3.73. The number of hydrogen-bond donors (Lipinski definition) is 1. The maximum Gasteiger partial charge on any atom is 0.229 e. The first kappa shape index (κ1) is 12.8. The van der Waals surface area contributed by atoms with Crippen LogP contribution in [0.2, 0.25) is 0 Å². The Hall–Kier alpha value is -0.610. The number of nitrogens with zero attached hydrogens (tertiary/aromatic N) is 2. The summed E-state index contributed by atoms with van der Waals surface area (Å²) in [6, 6.07) is 0.676. The van der Waals surface area contributed by atoms with Crippen molar-refractivity contribution < 1.29 is 4.79 Å². The lowest BCUT2D eigenvalue weighted by Crippen LogP contribution is -2.53. The molecule has 4 nitrogen and oxygen atoms in total.